The number of carbonyl (C=O) groups excluding carboxylic acids is 1. The van der Waals surface area contributed by atoms with Crippen LogP contribution in [0.25, 0.3) is 6.08 Å². The fourth-order valence-electron chi connectivity index (χ4n) is 1.79. The molecule has 0 saturated carbocycles. The Balaban J connectivity index is 2.25. The first kappa shape index (κ1) is 16.1. The van der Waals surface area contributed by atoms with Crippen molar-refractivity contribution in [1.29, 1.82) is 5.26 Å². The predicted molar refractivity (Wildman–Crippen MR) is 89.3 cm³/mol. The highest BCUT2D eigenvalue weighted by atomic mass is 35.5. The molecule has 22 heavy (non-hydrogen) atoms. The van der Waals surface area contributed by atoms with E-state index in [2.05, 4.69) is 5.32 Å². The van der Waals surface area contributed by atoms with Gasteiger partial charge in [0.2, 0.25) is 0 Å². The number of ether oxygens (including phenoxy) is 1. The molecule has 0 spiro atoms. The van der Waals surface area contributed by atoms with Gasteiger partial charge in [0.05, 0.1) is 12.8 Å². The maximum absolute atomic E-state index is 12.2. The molecule has 0 unspecified atom stereocenters. The van der Waals surface area contributed by atoms with E-state index in [4.69, 9.17) is 16.3 Å². The van der Waals surface area contributed by atoms with Crippen molar-refractivity contribution >= 4 is 40.6 Å². The molecule has 1 amide bonds. The molecule has 0 aliphatic rings. The van der Waals surface area contributed by atoms with Gasteiger partial charge in [0.15, 0.2) is 0 Å². The van der Waals surface area contributed by atoms with E-state index in [9.17, 15) is 10.1 Å². The number of hydrogen-bond acceptors (Lipinski definition) is 4. The molecule has 0 fully saturated rings. The number of methoxy groups -OCH3 is 1. The van der Waals surface area contributed by atoms with E-state index in [1.165, 1.54) is 18.4 Å². The number of benzene rings is 1. The third kappa shape index (κ3) is 3.88. The molecule has 2 rings (SSSR count). The first-order valence-electron chi connectivity index (χ1n) is 6.36. The topological polar surface area (TPSA) is 62.1 Å². The van der Waals surface area contributed by atoms with Crippen molar-refractivity contribution in [2.75, 3.05) is 12.4 Å². The number of amides is 1. The number of halogens is 1. The van der Waals surface area contributed by atoms with Crippen molar-refractivity contribution in [3.05, 3.63) is 50.7 Å². The molecule has 1 aromatic heterocycles. The number of anilines is 1. The quantitative estimate of drug-likeness (QED) is 0.672. The summed E-state index contributed by atoms with van der Waals surface area (Å²) in [6.07, 6.45) is 1.56. The van der Waals surface area contributed by atoms with Gasteiger partial charge in [0.1, 0.15) is 17.4 Å². The fraction of sp³-hybridized carbons (Fsp3) is 0.125. The Morgan fingerprint density at radius 2 is 2.18 bits per heavy atom. The Morgan fingerprint density at radius 1 is 1.41 bits per heavy atom. The molecule has 112 valence electrons. The van der Waals surface area contributed by atoms with Gasteiger partial charge in [-0.3, -0.25) is 4.79 Å². The summed E-state index contributed by atoms with van der Waals surface area (Å²) in [6, 6.07) is 10.6. The number of nitrogens with one attached hydrogen (secondary N) is 1. The summed E-state index contributed by atoms with van der Waals surface area (Å²) in [5, 5.41) is 12.3. The lowest BCUT2D eigenvalue weighted by Gasteiger charge is -2.10. The maximum Gasteiger partial charge on any atom is 0.266 e. The second-order valence-electron chi connectivity index (χ2n) is 4.42. The lowest BCUT2D eigenvalue weighted by molar-refractivity contribution is -0.112. The summed E-state index contributed by atoms with van der Waals surface area (Å²) in [4.78, 5) is 14.2. The van der Waals surface area contributed by atoms with Gasteiger partial charge in [-0.2, -0.15) is 5.26 Å². The minimum absolute atomic E-state index is 0.0175. The van der Waals surface area contributed by atoms with Crippen LogP contribution in [0.3, 0.4) is 0 Å². The van der Waals surface area contributed by atoms with Gasteiger partial charge in [-0.25, -0.2) is 0 Å². The number of thiophene rings is 1. The van der Waals surface area contributed by atoms with E-state index in [1.807, 2.05) is 25.1 Å². The van der Waals surface area contributed by atoms with Crippen LogP contribution in [0.15, 0.2) is 35.9 Å². The molecule has 4 nitrogen and oxygen atoms in total. The van der Waals surface area contributed by atoms with Gasteiger partial charge in [0.25, 0.3) is 5.91 Å². The number of carbonyl (C=O) groups is 1. The fourth-order valence-corrected chi connectivity index (χ4v) is 2.78. The molecule has 0 aliphatic heterocycles. The summed E-state index contributed by atoms with van der Waals surface area (Å²) < 4.78 is 5.16. The molecular weight excluding hydrogens is 320 g/mol. The Hall–Kier alpha value is -2.29. The SMILES string of the molecule is COc1ccc(Cl)cc1NC(=O)/C(C#N)=C/c1ccc(C)s1. The first-order valence-corrected chi connectivity index (χ1v) is 7.56. The Labute approximate surface area is 137 Å². The van der Waals surface area contributed by atoms with Crippen LogP contribution < -0.4 is 10.1 Å². The third-order valence-electron chi connectivity index (χ3n) is 2.82. The Bertz CT molecular complexity index is 775. The van der Waals surface area contributed by atoms with Crippen LogP contribution in [-0.4, -0.2) is 13.0 Å². The van der Waals surface area contributed by atoms with Crippen molar-refractivity contribution < 1.29 is 9.53 Å². The number of nitrogens with zero attached hydrogens (tertiary/aromatic N) is 1. The van der Waals surface area contributed by atoms with Crippen molar-refractivity contribution in [3.63, 3.8) is 0 Å². The zero-order chi connectivity index (χ0) is 16.1. The Kier molecular flexibility index (Phi) is 5.21. The van der Waals surface area contributed by atoms with E-state index in [0.717, 1.165) is 9.75 Å². The number of rotatable bonds is 4. The van der Waals surface area contributed by atoms with Gasteiger partial charge < -0.3 is 10.1 Å². The summed E-state index contributed by atoms with van der Waals surface area (Å²) >= 11 is 7.43. The molecule has 1 aromatic carbocycles. The smallest absolute Gasteiger partial charge is 0.266 e. The van der Waals surface area contributed by atoms with Crippen LogP contribution in [0.4, 0.5) is 5.69 Å². The third-order valence-corrected chi connectivity index (χ3v) is 4.01. The van der Waals surface area contributed by atoms with Crippen molar-refractivity contribution in [3.8, 4) is 11.8 Å². The Morgan fingerprint density at radius 3 is 2.77 bits per heavy atom. The van der Waals surface area contributed by atoms with E-state index >= 15 is 0 Å². The molecule has 2 aromatic rings. The molecule has 6 heteroatoms. The molecule has 0 saturated heterocycles. The molecule has 1 heterocycles. The average Bonchev–Trinajstić information content (AvgIpc) is 2.90. The highest BCUT2D eigenvalue weighted by Crippen LogP contribution is 2.28. The molecular formula is C16H13ClN2O2S. The normalized spacial score (nSPS) is 10.9. The van der Waals surface area contributed by atoms with Crippen LogP contribution in [0, 0.1) is 18.3 Å². The summed E-state index contributed by atoms with van der Waals surface area (Å²) in [5.74, 6) is -0.0314. The van der Waals surface area contributed by atoms with Crippen LogP contribution >= 0.6 is 22.9 Å². The molecule has 0 bridgehead atoms. The summed E-state index contributed by atoms with van der Waals surface area (Å²) in [6.45, 7) is 1.96. The highest BCUT2D eigenvalue weighted by Gasteiger charge is 2.13. The first-order chi connectivity index (χ1) is 10.5. The predicted octanol–water partition coefficient (Wildman–Crippen LogP) is 4.26. The molecule has 1 N–H and O–H groups in total. The number of aryl methyl sites for hydroxylation is 1. The standard InChI is InChI=1S/C16H13ClN2O2S/c1-10-3-5-13(22-10)7-11(9-18)16(20)19-14-8-12(17)4-6-15(14)21-2/h3-8H,1-2H3,(H,19,20)/b11-7+. The lowest BCUT2D eigenvalue weighted by Crippen LogP contribution is -2.14. The van der Waals surface area contributed by atoms with E-state index in [-0.39, 0.29) is 5.57 Å². The zero-order valence-corrected chi connectivity index (χ0v) is 13.6. The highest BCUT2D eigenvalue weighted by molar-refractivity contribution is 7.12. The van der Waals surface area contributed by atoms with Gasteiger partial charge in [0, 0.05) is 14.8 Å². The minimum Gasteiger partial charge on any atom is -0.495 e. The largest absolute Gasteiger partial charge is 0.495 e. The van der Waals surface area contributed by atoms with Gasteiger partial charge >= 0.3 is 0 Å². The maximum atomic E-state index is 12.2. The minimum atomic E-state index is -0.505. The van der Waals surface area contributed by atoms with Crippen molar-refractivity contribution in [1.82, 2.24) is 0 Å². The van der Waals surface area contributed by atoms with Crippen LogP contribution in [-0.2, 0) is 4.79 Å². The number of hydrogen-bond donors (Lipinski definition) is 1. The molecule has 0 radical (unpaired) electrons. The van der Waals surface area contributed by atoms with Crippen LogP contribution in [0.1, 0.15) is 9.75 Å². The van der Waals surface area contributed by atoms with Crippen molar-refractivity contribution in [2.24, 2.45) is 0 Å². The van der Waals surface area contributed by atoms with E-state index < -0.39 is 5.91 Å². The second-order valence-corrected chi connectivity index (χ2v) is 6.17. The summed E-state index contributed by atoms with van der Waals surface area (Å²) in [5.41, 5.74) is 0.437. The number of nitriles is 1. The molecule has 0 atom stereocenters. The van der Waals surface area contributed by atoms with E-state index in [1.54, 1.807) is 24.3 Å². The monoisotopic (exact) mass is 332 g/mol. The van der Waals surface area contributed by atoms with Crippen molar-refractivity contribution in [2.45, 2.75) is 6.92 Å². The molecule has 0 aliphatic carbocycles. The van der Waals surface area contributed by atoms with Gasteiger partial charge in [-0.05, 0) is 43.3 Å². The van der Waals surface area contributed by atoms with Gasteiger partial charge in [-0.15, -0.1) is 11.3 Å². The van der Waals surface area contributed by atoms with Gasteiger partial charge in [-0.1, -0.05) is 11.6 Å². The lowest BCUT2D eigenvalue weighted by atomic mass is 10.2. The average molecular weight is 333 g/mol. The second kappa shape index (κ2) is 7.12. The zero-order valence-electron chi connectivity index (χ0n) is 12.0. The summed E-state index contributed by atoms with van der Waals surface area (Å²) in [7, 11) is 1.49. The van der Waals surface area contributed by atoms with Crippen LogP contribution in [0.2, 0.25) is 5.02 Å². The van der Waals surface area contributed by atoms with E-state index in [0.29, 0.717) is 16.5 Å². The van der Waals surface area contributed by atoms with Crippen LogP contribution in [0.5, 0.6) is 5.75 Å².